The minimum absolute atomic E-state index is 0.719. The van der Waals surface area contributed by atoms with Crippen molar-refractivity contribution in [1.29, 1.82) is 0 Å². The summed E-state index contributed by atoms with van der Waals surface area (Å²) in [5.74, 6) is 1.15. The van der Waals surface area contributed by atoms with E-state index >= 15 is 0 Å². The Morgan fingerprint density at radius 2 is 2.00 bits per heavy atom. The Hall–Kier alpha value is -1.81. The summed E-state index contributed by atoms with van der Waals surface area (Å²) >= 11 is 0. The van der Waals surface area contributed by atoms with Gasteiger partial charge in [-0.3, -0.25) is 4.90 Å². The number of hydrogen-bond acceptors (Lipinski definition) is 4. The highest BCUT2D eigenvalue weighted by Gasteiger charge is 2.30. The molecule has 2 fully saturated rings. The molecule has 0 radical (unpaired) electrons. The molecule has 2 aliphatic heterocycles. The SMILES string of the molecule is CNc1ccc2c(N3CCC(N4CCCC4)C3)nccc2c1. The van der Waals surface area contributed by atoms with E-state index in [1.165, 1.54) is 43.1 Å². The van der Waals surface area contributed by atoms with Crippen molar-refractivity contribution in [2.75, 3.05) is 43.4 Å². The smallest absolute Gasteiger partial charge is 0.136 e. The van der Waals surface area contributed by atoms with Crippen LogP contribution >= 0.6 is 0 Å². The Labute approximate surface area is 132 Å². The number of benzene rings is 1. The number of likely N-dealkylation sites (tertiary alicyclic amines) is 1. The maximum absolute atomic E-state index is 4.69. The normalized spacial score (nSPS) is 22.6. The van der Waals surface area contributed by atoms with Crippen LogP contribution in [0.2, 0.25) is 0 Å². The Morgan fingerprint density at radius 1 is 1.14 bits per heavy atom. The topological polar surface area (TPSA) is 31.4 Å². The molecule has 4 rings (SSSR count). The Bertz CT molecular complexity index is 663. The summed E-state index contributed by atoms with van der Waals surface area (Å²) in [6, 6.07) is 9.37. The first-order valence-corrected chi connectivity index (χ1v) is 8.41. The van der Waals surface area contributed by atoms with Crippen LogP contribution in [0.4, 0.5) is 11.5 Å². The van der Waals surface area contributed by atoms with Gasteiger partial charge in [0.25, 0.3) is 0 Å². The number of aromatic nitrogens is 1. The van der Waals surface area contributed by atoms with Crippen molar-refractivity contribution in [1.82, 2.24) is 9.88 Å². The number of anilines is 2. The number of hydrogen-bond donors (Lipinski definition) is 1. The summed E-state index contributed by atoms with van der Waals surface area (Å²) in [5, 5.41) is 5.74. The molecule has 2 aliphatic rings. The van der Waals surface area contributed by atoms with E-state index < -0.39 is 0 Å². The summed E-state index contributed by atoms with van der Waals surface area (Å²) in [6.45, 7) is 4.82. The predicted molar refractivity (Wildman–Crippen MR) is 92.7 cm³/mol. The van der Waals surface area contributed by atoms with Gasteiger partial charge in [-0.15, -0.1) is 0 Å². The first-order valence-electron chi connectivity index (χ1n) is 8.41. The van der Waals surface area contributed by atoms with E-state index in [9.17, 15) is 0 Å². The fourth-order valence-corrected chi connectivity index (χ4v) is 3.91. The summed E-state index contributed by atoms with van der Waals surface area (Å²) < 4.78 is 0. The van der Waals surface area contributed by atoms with Gasteiger partial charge in [0.1, 0.15) is 5.82 Å². The van der Waals surface area contributed by atoms with Gasteiger partial charge in [-0.25, -0.2) is 4.98 Å². The molecular formula is C18H24N4. The van der Waals surface area contributed by atoms with Crippen molar-refractivity contribution in [2.24, 2.45) is 0 Å². The molecule has 0 bridgehead atoms. The summed E-state index contributed by atoms with van der Waals surface area (Å²) in [6.07, 6.45) is 5.96. The van der Waals surface area contributed by atoms with Crippen LogP contribution in [0.1, 0.15) is 19.3 Å². The van der Waals surface area contributed by atoms with Crippen molar-refractivity contribution in [3.63, 3.8) is 0 Å². The van der Waals surface area contributed by atoms with Gasteiger partial charge >= 0.3 is 0 Å². The summed E-state index contributed by atoms with van der Waals surface area (Å²) in [4.78, 5) is 9.84. The molecule has 116 valence electrons. The fourth-order valence-electron chi connectivity index (χ4n) is 3.91. The second kappa shape index (κ2) is 5.76. The largest absolute Gasteiger partial charge is 0.388 e. The van der Waals surface area contributed by atoms with Crippen molar-refractivity contribution in [3.05, 3.63) is 30.5 Å². The maximum atomic E-state index is 4.69. The van der Waals surface area contributed by atoms with Gasteiger partial charge in [0, 0.05) is 43.4 Å². The molecule has 2 aromatic rings. The van der Waals surface area contributed by atoms with Crippen LogP contribution in [0.25, 0.3) is 10.8 Å². The molecule has 0 amide bonds. The molecule has 1 aromatic carbocycles. The monoisotopic (exact) mass is 296 g/mol. The number of pyridine rings is 1. The van der Waals surface area contributed by atoms with Gasteiger partial charge in [-0.1, -0.05) is 0 Å². The van der Waals surface area contributed by atoms with Gasteiger partial charge in [-0.05, 0) is 62.0 Å². The van der Waals surface area contributed by atoms with Gasteiger partial charge in [0.2, 0.25) is 0 Å². The molecule has 1 unspecified atom stereocenters. The highest BCUT2D eigenvalue weighted by molar-refractivity contribution is 5.94. The second-order valence-corrected chi connectivity index (χ2v) is 6.45. The lowest BCUT2D eigenvalue weighted by Crippen LogP contribution is -2.35. The standard InChI is InChI=1S/C18H24N4/c1-19-15-4-5-17-14(12-15)6-8-20-18(17)22-11-7-16(13-22)21-9-2-3-10-21/h4-6,8,12,16,19H,2-3,7,9-11,13H2,1H3. The van der Waals surface area contributed by atoms with E-state index in [4.69, 9.17) is 4.98 Å². The van der Waals surface area contributed by atoms with Crippen LogP contribution < -0.4 is 10.2 Å². The van der Waals surface area contributed by atoms with Crippen LogP contribution in [0.5, 0.6) is 0 Å². The Morgan fingerprint density at radius 3 is 2.82 bits per heavy atom. The minimum Gasteiger partial charge on any atom is -0.388 e. The zero-order valence-corrected chi connectivity index (χ0v) is 13.3. The molecule has 2 saturated heterocycles. The van der Waals surface area contributed by atoms with Crippen molar-refractivity contribution >= 4 is 22.3 Å². The molecule has 0 aliphatic carbocycles. The second-order valence-electron chi connectivity index (χ2n) is 6.45. The van der Waals surface area contributed by atoms with Gasteiger partial charge in [0.05, 0.1) is 0 Å². The summed E-state index contributed by atoms with van der Waals surface area (Å²) in [7, 11) is 1.96. The van der Waals surface area contributed by atoms with Gasteiger partial charge in [-0.2, -0.15) is 0 Å². The molecule has 22 heavy (non-hydrogen) atoms. The van der Waals surface area contributed by atoms with E-state index in [2.05, 4.69) is 39.4 Å². The average molecular weight is 296 g/mol. The third-order valence-electron chi connectivity index (χ3n) is 5.15. The Balaban J connectivity index is 1.61. The maximum Gasteiger partial charge on any atom is 0.136 e. The third kappa shape index (κ3) is 2.41. The van der Waals surface area contributed by atoms with E-state index in [-0.39, 0.29) is 0 Å². The van der Waals surface area contributed by atoms with E-state index in [1.54, 1.807) is 0 Å². The fraction of sp³-hybridized carbons (Fsp3) is 0.500. The zero-order chi connectivity index (χ0) is 14.9. The summed E-state index contributed by atoms with van der Waals surface area (Å²) in [5.41, 5.74) is 1.15. The van der Waals surface area contributed by atoms with Crippen LogP contribution in [-0.4, -0.2) is 49.2 Å². The first kappa shape index (κ1) is 13.8. The van der Waals surface area contributed by atoms with Gasteiger partial charge in [0.15, 0.2) is 0 Å². The number of rotatable bonds is 3. The molecular weight excluding hydrogens is 272 g/mol. The first-order chi connectivity index (χ1) is 10.8. The molecule has 1 aromatic heterocycles. The quantitative estimate of drug-likeness (QED) is 0.943. The van der Waals surface area contributed by atoms with E-state index in [0.717, 1.165) is 30.6 Å². The highest BCUT2D eigenvalue weighted by Crippen LogP contribution is 2.30. The predicted octanol–water partition coefficient (Wildman–Crippen LogP) is 2.95. The minimum atomic E-state index is 0.719. The lowest BCUT2D eigenvalue weighted by molar-refractivity contribution is 0.260. The number of nitrogens with one attached hydrogen (secondary N) is 1. The number of fused-ring (bicyclic) bond motifs is 1. The van der Waals surface area contributed by atoms with Crippen molar-refractivity contribution in [3.8, 4) is 0 Å². The van der Waals surface area contributed by atoms with Crippen molar-refractivity contribution in [2.45, 2.75) is 25.3 Å². The molecule has 0 spiro atoms. The zero-order valence-electron chi connectivity index (χ0n) is 13.3. The molecule has 4 nitrogen and oxygen atoms in total. The molecule has 1 atom stereocenters. The average Bonchev–Trinajstić information content (AvgIpc) is 3.24. The van der Waals surface area contributed by atoms with Crippen LogP contribution in [0, 0.1) is 0 Å². The van der Waals surface area contributed by atoms with E-state index in [1.807, 2.05) is 13.2 Å². The van der Waals surface area contributed by atoms with Crippen LogP contribution in [0.15, 0.2) is 30.5 Å². The third-order valence-corrected chi connectivity index (χ3v) is 5.15. The van der Waals surface area contributed by atoms with Gasteiger partial charge < -0.3 is 10.2 Å². The lowest BCUT2D eigenvalue weighted by Gasteiger charge is -2.24. The van der Waals surface area contributed by atoms with Crippen molar-refractivity contribution < 1.29 is 0 Å². The molecule has 0 saturated carbocycles. The van der Waals surface area contributed by atoms with Crippen LogP contribution in [-0.2, 0) is 0 Å². The van der Waals surface area contributed by atoms with E-state index in [0.29, 0.717) is 0 Å². The highest BCUT2D eigenvalue weighted by atomic mass is 15.3. The van der Waals surface area contributed by atoms with Crippen LogP contribution in [0.3, 0.4) is 0 Å². The molecule has 3 heterocycles. The number of nitrogens with zero attached hydrogens (tertiary/aromatic N) is 3. The lowest BCUT2D eigenvalue weighted by atomic mass is 10.1. The Kier molecular flexibility index (Phi) is 3.62. The molecule has 1 N–H and O–H groups in total. The molecule has 4 heteroatoms.